The minimum Gasteiger partial charge on any atom is -0.366 e. The summed E-state index contributed by atoms with van der Waals surface area (Å²) in [5, 5.41) is 0. The molecule has 3 rings (SSSR count). The van der Waals surface area contributed by atoms with Crippen molar-refractivity contribution < 1.29 is 0 Å². The number of aromatic nitrogens is 2. The maximum atomic E-state index is 5.66. The fourth-order valence-electron chi connectivity index (χ4n) is 3.00. The van der Waals surface area contributed by atoms with Crippen LogP contribution in [-0.2, 0) is 13.1 Å². The lowest BCUT2D eigenvalue weighted by Gasteiger charge is -2.41. The maximum Gasteiger partial charge on any atom is 0.0922 e. The van der Waals surface area contributed by atoms with Gasteiger partial charge in [-0.05, 0) is 24.6 Å². The number of aromatic amines is 1. The summed E-state index contributed by atoms with van der Waals surface area (Å²) in [6.45, 7) is 7.03. The van der Waals surface area contributed by atoms with Crippen LogP contribution in [0.5, 0.6) is 0 Å². The van der Waals surface area contributed by atoms with Gasteiger partial charge < -0.3 is 15.6 Å². The lowest BCUT2D eigenvalue weighted by Crippen LogP contribution is -2.51. The molecule has 1 aromatic carbocycles. The SMILES string of the molecule is CC1CN(Cc2cnc[nH]2)CCN1c1ccc(CN)cc1. The summed E-state index contributed by atoms with van der Waals surface area (Å²) >= 11 is 0. The van der Waals surface area contributed by atoms with Gasteiger partial charge in [-0.15, -0.1) is 0 Å². The Balaban J connectivity index is 1.62. The van der Waals surface area contributed by atoms with E-state index in [2.05, 4.69) is 51.0 Å². The minimum atomic E-state index is 0.505. The molecule has 0 spiro atoms. The van der Waals surface area contributed by atoms with Crippen molar-refractivity contribution in [3.05, 3.63) is 48.0 Å². The average molecular weight is 285 g/mol. The lowest BCUT2D eigenvalue weighted by atomic mass is 10.1. The Morgan fingerprint density at radius 2 is 2.10 bits per heavy atom. The van der Waals surface area contributed by atoms with Gasteiger partial charge in [0, 0.05) is 56.3 Å². The molecular formula is C16H23N5. The van der Waals surface area contributed by atoms with Crippen LogP contribution < -0.4 is 10.6 Å². The zero-order chi connectivity index (χ0) is 14.7. The molecule has 112 valence electrons. The number of benzene rings is 1. The maximum absolute atomic E-state index is 5.66. The molecule has 2 aromatic rings. The van der Waals surface area contributed by atoms with Gasteiger partial charge in [0.05, 0.1) is 6.33 Å². The fraction of sp³-hybridized carbons (Fsp3) is 0.438. The first-order valence-corrected chi connectivity index (χ1v) is 7.51. The van der Waals surface area contributed by atoms with Crippen LogP contribution in [0.3, 0.4) is 0 Å². The highest BCUT2D eigenvalue weighted by atomic mass is 15.3. The summed E-state index contributed by atoms with van der Waals surface area (Å²) in [6, 6.07) is 9.12. The fourth-order valence-corrected chi connectivity index (χ4v) is 3.00. The van der Waals surface area contributed by atoms with E-state index in [1.54, 1.807) is 6.33 Å². The first kappa shape index (κ1) is 14.1. The van der Waals surface area contributed by atoms with Gasteiger partial charge in [-0.25, -0.2) is 4.98 Å². The van der Waals surface area contributed by atoms with Crippen LogP contribution in [0.4, 0.5) is 5.69 Å². The highest BCUT2D eigenvalue weighted by Gasteiger charge is 2.24. The van der Waals surface area contributed by atoms with E-state index in [4.69, 9.17) is 5.73 Å². The molecule has 1 saturated heterocycles. The number of H-pyrrole nitrogens is 1. The number of rotatable bonds is 4. The molecule has 1 atom stereocenters. The van der Waals surface area contributed by atoms with E-state index in [1.165, 1.54) is 16.9 Å². The monoisotopic (exact) mass is 285 g/mol. The Bertz CT molecular complexity index is 549. The number of hydrogen-bond acceptors (Lipinski definition) is 4. The quantitative estimate of drug-likeness (QED) is 0.895. The van der Waals surface area contributed by atoms with E-state index >= 15 is 0 Å². The number of hydrogen-bond donors (Lipinski definition) is 2. The zero-order valence-electron chi connectivity index (χ0n) is 12.5. The third kappa shape index (κ3) is 3.25. The molecule has 5 nitrogen and oxygen atoms in total. The van der Waals surface area contributed by atoms with Crippen LogP contribution in [0.1, 0.15) is 18.2 Å². The Labute approximate surface area is 125 Å². The van der Waals surface area contributed by atoms with E-state index in [-0.39, 0.29) is 0 Å². The summed E-state index contributed by atoms with van der Waals surface area (Å²) < 4.78 is 0. The molecule has 0 bridgehead atoms. The second kappa shape index (κ2) is 6.28. The first-order valence-electron chi connectivity index (χ1n) is 7.51. The van der Waals surface area contributed by atoms with E-state index in [0.717, 1.165) is 26.2 Å². The molecule has 0 aliphatic carbocycles. The smallest absolute Gasteiger partial charge is 0.0922 e. The van der Waals surface area contributed by atoms with Gasteiger partial charge in [-0.3, -0.25) is 4.90 Å². The summed E-state index contributed by atoms with van der Waals surface area (Å²) in [5.41, 5.74) is 9.32. The van der Waals surface area contributed by atoms with Crippen LogP contribution in [0.25, 0.3) is 0 Å². The van der Waals surface area contributed by atoms with E-state index in [1.807, 2.05) is 6.20 Å². The van der Waals surface area contributed by atoms with Gasteiger partial charge in [0.2, 0.25) is 0 Å². The largest absolute Gasteiger partial charge is 0.366 e. The number of imidazole rings is 1. The standard InChI is InChI=1S/C16H23N5/c1-13-10-20(11-15-9-18-12-19-15)6-7-21(13)16-4-2-14(8-17)3-5-16/h2-5,9,12-13H,6-8,10-11,17H2,1H3,(H,18,19). The number of anilines is 1. The van der Waals surface area contributed by atoms with Gasteiger partial charge in [-0.2, -0.15) is 0 Å². The average Bonchev–Trinajstić information content (AvgIpc) is 3.01. The predicted molar refractivity (Wildman–Crippen MR) is 85.0 cm³/mol. The summed E-state index contributed by atoms with van der Waals surface area (Å²) in [7, 11) is 0. The van der Waals surface area contributed by atoms with Crippen molar-refractivity contribution in [3.63, 3.8) is 0 Å². The van der Waals surface area contributed by atoms with Gasteiger partial charge >= 0.3 is 0 Å². The molecule has 0 radical (unpaired) electrons. The van der Waals surface area contributed by atoms with Gasteiger partial charge in [0.1, 0.15) is 0 Å². The van der Waals surface area contributed by atoms with Crippen molar-refractivity contribution in [2.45, 2.75) is 26.1 Å². The second-order valence-corrected chi connectivity index (χ2v) is 5.72. The molecule has 2 heterocycles. The normalized spacial score (nSPS) is 19.9. The minimum absolute atomic E-state index is 0.505. The third-order valence-corrected chi connectivity index (χ3v) is 4.16. The molecule has 1 aliphatic heterocycles. The molecule has 3 N–H and O–H groups in total. The molecule has 0 amide bonds. The molecule has 0 saturated carbocycles. The molecule has 1 unspecified atom stereocenters. The van der Waals surface area contributed by atoms with Gasteiger partial charge in [0.15, 0.2) is 0 Å². The van der Waals surface area contributed by atoms with Gasteiger partial charge in [0.25, 0.3) is 0 Å². The van der Waals surface area contributed by atoms with Crippen molar-refractivity contribution in [1.29, 1.82) is 0 Å². The third-order valence-electron chi connectivity index (χ3n) is 4.16. The molecule has 1 aliphatic rings. The Morgan fingerprint density at radius 3 is 2.71 bits per heavy atom. The number of nitrogens with zero attached hydrogens (tertiary/aromatic N) is 3. The lowest BCUT2D eigenvalue weighted by molar-refractivity contribution is 0.219. The first-order chi connectivity index (χ1) is 10.3. The topological polar surface area (TPSA) is 61.2 Å². The number of nitrogens with two attached hydrogens (primary N) is 1. The molecule has 1 fully saturated rings. The predicted octanol–water partition coefficient (Wildman–Crippen LogP) is 1.58. The second-order valence-electron chi connectivity index (χ2n) is 5.72. The van der Waals surface area contributed by atoms with Gasteiger partial charge in [-0.1, -0.05) is 12.1 Å². The Kier molecular flexibility index (Phi) is 4.22. The van der Waals surface area contributed by atoms with Crippen molar-refractivity contribution in [2.75, 3.05) is 24.5 Å². The van der Waals surface area contributed by atoms with E-state index in [9.17, 15) is 0 Å². The summed E-state index contributed by atoms with van der Waals surface area (Å²) in [5.74, 6) is 0. The molecule has 21 heavy (non-hydrogen) atoms. The van der Waals surface area contributed by atoms with Crippen LogP contribution in [0, 0.1) is 0 Å². The van der Waals surface area contributed by atoms with Crippen molar-refractivity contribution in [3.8, 4) is 0 Å². The number of piperazine rings is 1. The van der Waals surface area contributed by atoms with Crippen molar-refractivity contribution >= 4 is 5.69 Å². The summed E-state index contributed by atoms with van der Waals surface area (Å²) in [6.07, 6.45) is 3.65. The van der Waals surface area contributed by atoms with Crippen molar-refractivity contribution in [1.82, 2.24) is 14.9 Å². The van der Waals surface area contributed by atoms with Crippen LogP contribution in [0.15, 0.2) is 36.8 Å². The molecule has 1 aromatic heterocycles. The summed E-state index contributed by atoms with van der Waals surface area (Å²) in [4.78, 5) is 12.2. The molecular weight excluding hydrogens is 262 g/mol. The van der Waals surface area contributed by atoms with Crippen LogP contribution in [-0.4, -0.2) is 40.5 Å². The van der Waals surface area contributed by atoms with E-state index < -0.39 is 0 Å². The number of nitrogens with one attached hydrogen (secondary N) is 1. The zero-order valence-corrected chi connectivity index (χ0v) is 12.5. The molecule has 5 heteroatoms. The Hall–Kier alpha value is -1.85. The highest BCUT2D eigenvalue weighted by molar-refractivity contribution is 5.49. The van der Waals surface area contributed by atoms with Crippen LogP contribution >= 0.6 is 0 Å². The Morgan fingerprint density at radius 1 is 1.29 bits per heavy atom. The van der Waals surface area contributed by atoms with E-state index in [0.29, 0.717) is 12.6 Å². The van der Waals surface area contributed by atoms with Crippen LogP contribution in [0.2, 0.25) is 0 Å². The highest BCUT2D eigenvalue weighted by Crippen LogP contribution is 2.21. The van der Waals surface area contributed by atoms with Crippen molar-refractivity contribution in [2.24, 2.45) is 5.73 Å².